The van der Waals surface area contributed by atoms with Crippen molar-refractivity contribution in [3.8, 4) is 0 Å². The van der Waals surface area contributed by atoms with E-state index >= 15 is 0 Å². The van der Waals surface area contributed by atoms with Crippen LogP contribution in [0.5, 0.6) is 0 Å². The van der Waals surface area contributed by atoms with Gasteiger partial charge in [-0.25, -0.2) is 17.7 Å². The highest BCUT2D eigenvalue weighted by atomic mass is 32.2. The first-order chi connectivity index (χ1) is 14.2. The van der Waals surface area contributed by atoms with Crippen molar-refractivity contribution < 1.29 is 23.4 Å². The molecule has 12 nitrogen and oxygen atoms in total. The maximum atomic E-state index is 11.9. The summed E-state index contributed by atoms with van der Waals surface area (Å²) in [6.45, 7) is 2.11. The second-order valence-electron chi connectivity index (χ2n) is 6.93. The molecule has 1 fully saturated rings. The van der Waals surface area contributed by atoms with Crippen LogP contribution in [0.25, 0.3) is 0 Å². The first-order valence-electron chi connectivity index (χ1n) is 9.24. The van der Waals surface area contributed by atoms with Gasteiger partial charge in [0.2, 0.25) is 28.1 Å². The molecule has 30 heavy (non-hydrogen) atoms. The van der Waals surface area contributed by atoms with Gasteiger partial charge in [-0.3, -0.25) is 0 Å². The smallest absolute Gasteiger partial charge is 0.337 e. The summed E-state index contributed by atoms with van der Waals surface area (Å²) < 4.78 is 26.6. The van der Waals surface area contributed by atoms with Gasteiger partial charge in [0, 0.05) is 12.2 Å². The molecule has 0 amide bonds. The molecule has 0 bridgehead atoms. The summed E-state index contributed by atoms with van der Waals surface area (Å²) in [4.78, 5) is 24.2. The van der Waals surface area contributed by atoms with E-state index in [-0.39, 0.29) is 40.8 Å². The van der Waals surface area contributed by atoms with Gasteiger partial charge < -0.3 is 20.8 Å². The summed E-state index contributed by atoms with van der Waals surface area (Å²) in [5.41, 5.74) is 0.573. The molecule has 1 aliphatic rings. The van der Waals surface area contributed by atoms with Crippen molar-refractivity contribution in [3.63, 3.8) is 0 Å². The fourth-order valence-electron chi connectivity index (χ4n) is 2.73. The Hall–Kier alpha value is -2.87. The van der Waals surface area contributed by atoms with Gasteiger partial charge in [-0.2, -0.15) is 9.71 Å². The number of anilines is 3. The number of aliphatic hydroxyl groups excluding tert-OH is 1. The number of benzene rings is 1. The number of sulfonamides is 1. The zero-order valence-electron chi connectivity index (χ0n) is 16.5. The van der Waals surface area contributed by atoms with Crippen LogP contribution in [-0.4, -0.2) is 78.2 Å². The fourth-order valence-corrected chi connectivity index (χ4v) is 3.62. The van der Waals surface area contributed by atoms with Crippen LogP contribution in [-0.2, 0) is 10.0 Å². The molecular weight excluding hydrogens is 414 g/mol. The number of aliphatic hydroxyl groups is 1. The van der Waals surface area contributed by atoms with Crippen LogP contribution in [0, 0.1) is 0 Å². The number of carboxylic acid groups (broad SMARTS) is 1. The van der Waals surface area contributed by atoms with Crippen molar-refractivity contribution in [2.45, 2.75) is 13.1 Å². The van der Waals surface area contributed by atoms with E-state index in [1.54, 1.807) is 26.1 Å². The van der Waals surface area contributed by atoms with Gasteiger partial charge in [-0.05, 0) is 25.1 Å². The lowest BCUT2D eigenvalue weighted by Gasteiger charge is -2.15. The molecule has 2 atom stereocenters. The number of nitrogens with one attached hydrogen (secondary N) is 3. The van der Waals surface area contributed by atoms with E-state index < -0.39 is 22.2 Å². The molecular formula is C17H24N7O5S+. The summed E-state index contributed by atoms with van der Waals surface area (Å²) in [7, 11) is -1.59. The zero-order chi connectivity index (χ0) is 21.9. The van der Waals surface area contributed by atoms with Gasteiger partial charge in [-0.1, -0.05) is 6.07 Å². The Morgan fingerprint density at radius 3 is 2.67 bits per heavy atom. The van der Waals surface area contributed by atoms with Crippen LogP contribution in [0.15, 0.2) is 24.3 Å². The van der Waals surface area contributed by atoms with Crippen molar-refractivity contribution in [3.05, 3.63) is 29.8 Å². The summed E-state index contributed by atoms with van der Waals surface area (Å²) in [6.07, 6.45) is -0.397. The molecule has 13 heteroatoms. The number of rotatable bonds is 10. The van der Waals surface area contributed by atoms with E-state index in [1.807, 2.05) is 0 Å². The van der Waals surface area contributed by atoms with E-state index in [9.17, 15) is 13.2 Å². The van der Waals surface area contributed by atoms with Gasteiger partial charge in [0.15, 0.2) is 6.54 Å². The molecule has 1 aromatic heterocycles. The second kappa shape index (κ2) is 8.47. The maximum absolute atomic E-state index is 11.9. The minimum atomic E-state index is -3.39. The fraction of sp³-hybridized carbons (Fsp3) is 0.412. The van der Waals surface area contributed by atoms with Gasteiger partial charge in [0.1, 0.15) is 0 Å². The molecule has 2 aromatic rings. The minimum Gasteiger partial charge on any atom is -0.478 e. The molecule has 1 saturated heterocycles. The van der Waals surface area contributed by atoms with Gasteiger partial charge in [0.05, 0.1) is 25.0 Å². The van der Waals surface area contributed by atoms with E-state index in [4.69, 9.17) is 10.2 Å². The lowest BCUT2D eigenvalue weighted by atomic mass is 10.2. The standard InChI is InChI=1S/C17H23N7O5S/c1-3-30(28,29)23-13-10-24(13,2)17-21-15(18-7-8-25)20-16(22-17)19-12-6-4-5-11(9-12)14(26)27/h4-6,9,13,23,25H,3,7-8,10H2,1-2H3,(H2-,18,19,20,21,22,26,27)/p+1. The quantitative estimate of drug-likeness (QED) is 0.250. The first-order valence-corrected chi connectivity index (χ1v) is 10.9. The van der Waals surface area contributed by atoms with E-state index in [1.165, 1.54) is 12.1 Å². The minimum absolute atomic E-state index is 0.0310. The average Bonchev–Trinajstić information content (AvgIpc) is 3.36. The van der Waals surface area contributed by atoms with Crippen LogP contribution in [0.4, 0.5) is 23.5 Å². The highest BCUT2D eigenvalue weighted by Gasteiger charge is 2.57. The molecule has 0 saturated carbocycles. The average molecular weight is 438 g/mol. The summed E-state index contributed by atoms with van der Waals surface area (Å²) >= 11 is 0. The normalized spacial score (nSPS) is 20.6. The molecule has 5 N–H and O–H groups in total. The predicted octanol–water partition coefficient (Wildman–Crippen LogP) is -0.0663. The number of likely N-dealkylation sites (N-methyl/N-ethyl adjacent to an activating group) is 1. The third-order valence-electron chi connectivity index (χ3n) is 4.64. The van der Waals surface area contributed by atoms with Crippen LogP contribution in [0.1, 0.15) is 17.3 Å². The highest BCUT2D eigenvalue weighted by Crippen LogP contribution is 2.33. The number of carboxylic acids is 1. The molecule has 2 heterocycles. The van der Waals surface area contributed by atoms with Crippen LogP contribution >= 0.6 is 0 Å². The summed E-state index contributed by atoms with van der Waals surface area (Å²) in [6, 6.07) is 6.17. The molecule has 0 aliphatic carbocycles. The SMILES string of the molecule is CCS(=O)(=O)NC1C[N+]1(C)c1nc(NCCO)nc(Nc2cccc(C(=O)O)c2)n1. The topological polar surface area (TPSA) is 166 Å². The maximum Gasteiger partial charge on any atom is 0.337 e. The number of aromatic carboxylic acids is 1. The number of hydrogen-bond donors (Lipinski definition) is 5. The van der Waals surface area contributed by atoms with E-state index in [0.717, 1.165) is 0 Å². The Labute approximate surface area is 173 Å². The van der Waals surface area contributed by atoms with Crippen LogP contribution in [0.2, 0.25) is 0 Å². The molecule has 3 rings (SSSR count). The lowest BCUT2D eigenvalue weighted by Crippen LogP contribution is -2.38. The van der Waals surface area contributed by atoms with Crippen molar-refractivity contribution in [2.24, 2.45) is 0 Å². The summed E-state index contributed by atoms with van der Waals surface area (Å²) in [5.74, 6) is -0.406. The molecule has 0 radical (unpaired) electrons. The number of nitrogens with zero attached hydrogens (tertiary/aromatic N) is 4. The first kappa shape index (κ1) is 21.8. The Kier molecular flexibility index (Phi) is 6.17. The van der Waals surface area contributed by atoms with Crippen molar-refractivity contribution in [1.82, 2.24) is 24.2 Å². The molecule has 162 valence electrons. The van der Waals surface area contributed by atoms with Crippen molar-refractivity contribution >= 4 is 39.5 Å². The van der Waals surface area contributed by atoms with E-state index in [2.05, 4.69) is 30.3 Å². The van der Waals surface area contributed by atoms with Crippen molar-refractivity contribution in [2.75, 3.05) is 43.1 Å². The monoisotopic (exact) mass is 438 g/mol. The summed E-state index contributed by atoms with van der Waals surface area (Å²) in [5, 5.41) is 24.0. The number of aromatic nitrogens is 3. The predicted molar refractivity (Wildman–Crippen MR) is 111 cm³/mol. The number of hydrogen-bond acceptors (Lipinski definition) is 9. The van der Waals surface area contributed by atoms with Crippen LogP contribution < -0.4 is 19.8 Å². The Morgan fingerprint density at radius 2 is 2.00 bits per heavy atom. The van der Waals surface area contributed by atoms with E-state index in [0.29, 0.717) is 18.2 Å². The molecule has 1 aliphatic heterocycles. The highest BCUT2D eigenvalue weighted by molar-refractivity contribution is 7.89. The lowest BCUT2D eigenvalue weighted by molar-refractivity contribution is 0.0697. The third-order valence-corrected chi connectivity index (χ3v) is 6.03. The van der Waals surface area contributed by atoms with Gasteiger partial charge in [0.25, 0.3) is 0 Å². The van der Waals surface area contributed by atoms with Gasteiger partial charge in [-0.15, -0.1) is 9.97 Å². The third kappa shape index (κ3) is 4.99. The Balaban J connectivity index is 1.89. The Morgan fingerprint density at radius 1 is 1.27 bits per heavy atom. The van der Waals surface area contributed by atoms with Crippen molar-refractivity contribution in [1.29, 1.82) is 0 Å². The number of carbonyl (C=O) groups is 1. The van der Waals surface area contributed by atoms with Gasteiger partial charge >= 0.3 is 11.9 Å². The van der Waals surface area contributed by atoms with Crippen LogP contribution in [0.3, 0.4) is 0 Å². The molecule has 2 unspecified atom stereocenters. The zero-order valence-corrected chi connectivity index (χ0v) is 17.3. The molecule has 0 spiro atoms. The second-order valence-corrected chi connectivity index (χ2v) is 8.97. The molecule has 1 aromatic carbocycles. The largest absolute Gasteiger partial charge is 0.478 e. The number of quaternary nitrogens is 1. The Bertz CT molecular complexity index is 1050.